The summed E-state index contributed by atoms with van der Waals surface area (Å²) in [7, 11) is 3.27. The Bertz CT molecular complexity index is 417. The highest BCUT2D eigenvalue weighted by Gasteiger charge is 2.12. The molecule has 0 saturated carbocycles. The van der Waals surface area contributed by atoms with Gasteiger partial charge in [-0.1, -0.05) is 0 Å². The van der Waals surface area contributed by atoms with E-state index in [-0.39, 0.29) is 0 Å². The van der Waals surface area contributed by atoms with Crippen molar-refractivity contribution in [2.45, 2.75) is 6.42 Å². The molecule has 1 aliphatic rings. The molecule has 106 valence electrons. The van der Waals surface area contributed by atoms with Gasteiger partial charge in [0.25, 0.3) is 0 Å². The molecule has 5 heteroatoms. The van der Waals surface area contributed by atoms with Crippen LogP contribution in [0.1, 0.15) is 5.56 Å². The third-order valence-electron chi connectivity index (χ3n) is 3.55. The third-order valence-corrected chi connectivity index (χ3v) is 3.55. The normalized spacial score (nSPS) is 16.3. The number of hydrogen-bond donors (Lipinski definition) is 2. The molecule has 1 aromatic carbocycles. The van der Waals surface area contributed by atoms with E-state index in [9.17, 15) is 0 Å². The molecule has 0 amide bonds. The van der Waals surface area contributed by atoms with Crippen LogP contribution < -0.4 is 20.5 Å². The van der Waals surface area contributed by atoms with Crippen molar-refractivity contribution in [3.63, 3.8) is 0 Å². The van der Waals surface area contributed by atoms with Crippen LogP contribution in [0.2, 0.25) is 0 Å². The lowest BCUT2D eigenvalue weighted by molar-refractivity contribution is 0.244. The Labute approximate surface area is 114 Å². The highest BCUT2D eigenvalue weighted by atomic mass is 16.5. The molecule has 0 radical (unpaired) electrons. The predicted octanol–water partition coefficient (Wildman–Crippen LogP) is 0.734. The van der Waals surface area contributed by atoms with Crippen molar-refractivity contribution in [3.05, 3.63) is 17.7 Å². The van der Waals surface area contributed by atoms with Gasteiger partial charge in [0.15, 0.2) is 11.5 Å². The Balaban J connectivity index is 2.02. The Morgan fingerprint density at radius 1 is 1.16 bits per heavy atom. The first-order valence-electron chi connectivity index (χ1n) is 6.68. The molecule has 0 atom stereocenters. The molecule has 1 heterocycles. The summed E-state index contributed by atoms with van der Waals surface area (Å²) in [6, 6.07) is 3.82. The minimum Gasteiger partial charge on any atom is -0.493 e. The molecule has 0 bridgehead atoms. The first-order valence-corrected chi connectivity index (χ1v) is 6.68. The molecule has 1 saturated heterocycles. The van der Waals surface area contributed by atoms with Crippen molar-refractivity contribution in [1.82, 2.24) is 10.2 Å². The van der Waals surface area contributed by atoms with Gasteiger partial charge in [0, 0.05) is 44.5 Å². The summed E-state index contributed by atoms with van der Waals surface area (Å²) < 4.78 is 10.6. The molecule has 2 rings (SSSR count). The van der Waals surface area contributed by atoms with Crippen molar-refractivity contribution >= 4 is 5.69 Å². The van der Waals surface area contributed by atoms with Crippen LogP contribution in [0.4, 0.5) is 5.69 Å². The highest BCUT2D eigenvalue weighted by molar-refractivity contribution is 5.58. The van der Waals surface area contributed by atoms with Gasteiger partial charge in [-0.15, -0.1) is 0 Å². The van der Waals surface area contributed by atoms with Crippen molar-refractivity contribution in [3.8, 4) is 11.5 Å². The van der Waals surface area contributed by atoms with Crippen LogP contribution in [0.25, 0.3) is 0 Å². The largest absolute Gasteiger partial charge is 0.493 e. The van der Waals surface area contributed by atoms with E-state index in [0.717, 1.165) is 56.1 Å². The zero-order valence-electron chi connectivity index (χ0n) is 11.7. The number of nitrogen functional groups attached to an aromatic ring is 1. The van der Waals surface area contributed by atoms with Gasteiger partial charge in [0.1, 0.15) is 0 Å². The number of methoxy groups -OCH3 is 2. The Kier molecular flexibility index (Phi) is 4.87. The maximum Gasteiger partial charge on any atom is 0.162 e. The summed E-state index contributed by atoms with van der Waals surface area (Å²) in [6.07, 6.45) is 0.937. The zero-order chi connectivity index (χ0) is 13.7. The van der Waals surface area contributed by atoms with E-state index in [4.69, 9.17) is 15.2 Å². The number of rotatable bonds is 5. The maximum absolute atomic E-state index is 6.07. The van der Waals surface area contributed by atoms with E-state index >= 15 is 0 Å². The number of nitrogens with two attached hydrogens (primary N) is 1. The minimum atomic E-state index is 0.686. The Hall–Kier alpha value is -1.46. The van der Waals surface area contributed by atoms with Gasteiger partial charge in [-0.05, 0) is 18.1 Å². The molecule has 1 aromatic rings. The minimum absolute atomic E-state index is 0.686. The third kappa shape index (κ3) is 3.52. The molecule has 1 aliphatic heterocycles. The van der Waals surface area contributed by atoms with E-state index in [1.54, 1.807) is 14.2 Å². The fourth-order valence-corrected chi connectivity index (χ4v) is 2.37. The van der Waals surface area contributed by atoms with E-state index in [1.165, 1.54) is 0 Å². The van der Waals surface area contributed by atoms with Gasteiger partial charge >= 0.3 is 0 Å². The zero-order valence-corrected chi connectivity index (χ0v) is 11.7. The summed E-state index contributed by atoms with van der Waals surface area (Å²) in [5, 5.41) is 3.35. The summed E-state index contributed by atoms with van der Waals surface area (Å²) >= 11 is 0. The average molecular weight is 265 g/mol. The number of piperazine rings is 1. The molecule has 5 nitrogen and oxygen atoms in total. The topological polar surface area (TPSA) is 59.8 Å². The van der Waals surface area contributed by atoms with Crippen molar-refractivity contribution in [2.24, 2.45) is 0 Å². The first-order chi connectivity index (χ1) is 9.24. The summed E-state index contributed by atoms with van der Waals surface area (Å²) in [5.41, 5.74) is 7.96. The molecule has 19 heavy (non-hydrogen) atoms. The van der Waals surface area contributed by atoms with Gasteiger partial charge in [-0.3, -0.25) is 0 Å². The SMILES string of the molecule is COc1cc(N)c(CCN2CCNCC2)cc1OC. The lowest BCUT2D eigenvalue weighted by atomic mass is 10.1. The highest BCUT2D eigenvalue weighted by Crippen LogP contribution is 2.32. The number of hydrogen-bond acceptors (Lipinski definition) is 5. The molecule has 0 spiro atoms. The standard InChI is InChI=1S/C14H23N3O2/c1-18-13-9-11(12(15)10-14(13)19-2)3-6-17-7-4-16-5-8-17/h9-10,16H,3-8,15H2,1-2H3. The predicted molar refractivity (Wildman–Crippen MR) is 77.0 cm³/mol. The fraction of sp³-hybridized carbons (Fsp3) is 0.571. The van der Waals surface area contributed by atoms with Crippen molar-refractivity contribution < 1.29 is 9.47 Å². The van der Waals surface area contributed by atoms with Gasteiger partial charge < -0.3 is 25.4 Å². The summed E-state index contributed by atoms with van der Waals surface area (Å²) in [5.74, 6) is 1.43. The van der Waals surface area contributed by atoms with Crippen LogP contribution in [0.15, 0.2) is 12.1 Å². The van der Waals surface area contributed by atoms with E-state index in [0.29, 0.717) is 5.75 Å². The van der Waals surface area contributed by atoms with Gasteiger partial charge in [-0.25, -0.2) is 0 Å². The monoisotopic (exact) mass is 265 g/mol. The molecular weight excluding hydrogens is 242 g/mol. The van der Waals surface area contributed by atoms with Gasteiger partial charge in [0.2, 0.25) is 0 Å². The van der Waals surface area contributed by atoms with Gasteiger partial charge in [-0.2, -0.15) is 0 Å². The summed E-state index contributed by atoms with van der Waals surface area (Å²) in [4.78, 5) is 2.45. The quantitative estimate of drug-likeness (QED) is 0.769. The van der Waals surface area contributed by atoms with Crippen LogP contribution in [0, 0.1) is 0 Å². The van der Waals surface area contributed by atoms with E-state index in [2.05, 4.69) is 10.2 Å². The molecule has 0 aromatic heterocycles. The fourth-order valence-electron chi connectivity index (χ4n) is 2.37. The summed E-state index contributed by atoms with van der Waals surface area (Å²) in [6.45, 7) is 5.38. The second kappa shape index (κ2) is 6.63. The van der Waals surface area contributed by atoms with Crippen molar-refractivity contribution in [2.75, 3.05) is 52.7 Å². The Morgan fingerprint density at radius 2 is 1.79 bits per heavy atom. The Morgan fingerprint density at radius 3 is 2.42 bits per heavy atom. The second-order valence-electron chi connectivity index (χ2n) is 4.75. The van der Waals surface area contributed by atoms with Crippen LogP contribution in [0.5, 0.6) is 11.5 Å². The number of nitrogens with one attached hydrogen (secondary N) is 1. The number of anilines is 1. The van der Waals surface area contributed by atoms with Crippen LogP contribution in [-0.4, -0.2) is 51.8 Å². The van der Waals surface area contributed by atoms with Crippen molar-refractivity contribution in [1.29, 1.82) is 0 Å². The van der Waals surface area contributed by atoms with Crippen LogP contribution in [0.3, 0.4) is 0 Å². The first kappa shape index (κ1) is 14.0. The number of benzene rings is 1. The van der Waals surface area contributed by atoms with E-state index < -0.39 is 0 Å². The number of ether oxygens (including phenoxy) is 2. The molecular formula is C14H23N3O2. The maximum atomic E-state index is 6.07. The number of nitrogens with zero attached hydrogens (tertiary/aromatic N) is 1. The van der Waals surface area contributed by atoms with E-state index in [1.807, 2.05) is 12.1 Å². The average Bonchev–Trinajstić information content (AvgIpc) is 2.46. The van der Waals surface area contributed by atoms with Gasteiger partial charge in [0.05, 0.1) is 14.2 Å². The van der Waals surface area contributed by atoms with Crippen LogP contribution in [-0.2, 0) is 6.42 Å². The lowest BCUT2D eigenvalue weighted by Crippen LogP contribution is -2.44. The molecule has 1 fully saturated rings. The van der Waals surface area contributed by atoms with Crippen LogP contribution >= 0.6 is 0 Å². The smallest absolute Gasteiger partial charge is 0.162 e. The lowest BCUT2D eigenvalue weighted by Gasteiger charge is -2.27. The molecule has 0 unspecified atom stereocenters. The molecule has 3 N–H and O–H groups in total. The second-order valence-corrected chi connectivity index (χ2v) is 4.75. The molecule has 0 aliphatic carbocycles.